The van der Waals surface area contributed by atoms with Gasteiger partial charge in [-0.2, -0.15) is 0 Å². The number of β-lactam (4-membered cyclic amide) rings is 1. The van der Waals surface area contributed by atoms with Crippen molar-refractivity contribution in [1.29, 1.82) is 0 Å². The number of aliphatic hydroxyl groups is 1. The van der Waals surface area contributed by atoms with Gasteiger partial charge in [0.2, 0.25) is 18.6 Å². The van der Waals surface area contributed by atoms with E-state index in [4.69, 9.17) is 9.47 Å². The predicted molar refractivity (Wildman–Crippen MR) is 116 cm³/mol. The SMILES string of the molecule is CNC(=O)Cc1csc(C2=C(C(=O)OCOC(=O)C(C)(C)C)N3C(=O)[C@H]([C@@H](C)O)[C@H]3C2)c1. The van der Waals surface area contributed by atoms with E-state index in [9.17, 15) is 24.3 Å². The van der Waals surface area contributed by atoms with Crippen molar-refractivity contribution in [2.75, 3.05) is 13.8 Å². The number of likely N-dealkylation sites (N-methyl/N-ethyl adjacent to an activating group) is 1. The zero-order chi connectivity index (χ0) is 23.8. The molecule has 0 aliphatic carbocycles. The average molecular weight is 465 g/mol. The molecule has 0 spiro atoms. The van der Waals surface area contributed by atoms with E-state index < -0.39 is 36.2 Å². The van der Waals surface area contributed by atoms with Gasteiger partial charge in [0.15, 0.2) is 0 Å². The predicted octanol–water partition coefficient (Wildman–Crippen LogP) is 1.45. The topological polar surface area (TPSA) is 122 Å². The number of fused-ring (bicyclic) bond motifs is 1. The number of esters is 2. The van der Waals surface area contributed by atoms with Gasteiger partial charge in [0, 0.05) is 17.5 Å². The Labute approximate surface area is 190 Å². The molecule has 1 fully saturated rings. The Balaban J connectivity index is 1.84. The van der Waals surface area contributed by atoms with Gasteiger partial charge in [0.05, 0.1) is 29.9 Å². The molecule has 2 aliphatic heterocycles. The highest BCUT2D eigenvalue weighted by molar-refractivity contribution is 7.11. The maximum absolute atomic E-state index is 12.9. The summed E-state index contributed by atoms with van der Waals surface area (Å²) in [5.41, 5.74) is 0.755. The first-order valence-electron chi connectivity index (χ1n) is 10.3. The fraction of sp³-hybridized carbons (Fsp3) is 0.545. The van der Waals surface area contributed by atoms with Crippen molar-refractivity contribution in [3.8, 4) is 0 Å². The van der Waals surface area contributed by atoms with E-state index in [1.807, 2.05) is 11.4 Å². The normalized spacial score (nSPS) is 21.1. The van der Waals surface area contributed by atoms with Gasteiger partial charge in [-0.15, -0.1) is 11.3 Å². The van der Waals surface area contributed by atoms with Crippen LogP contribution in [0.15, 0.2) is 17.1 Å². The van der Waals surface area contributed by atoms with Gasteiger partial charge in [-0.3, -0.25) is 14.4 Å². The van der Waals surface area contributed by atoms with Gasteiger partial charge in [-0.25, -0.2) is 4.79 Å². The zero-order valence-corrected chi connectivity index (χ0v) is 19.6. The van der Waals surface area contributed by atoms with Crippen molar-refractivity contribution in [3.63, 3.8) is 0 Å². The van der Waals surface area contributed by atoms with E-state index in [0.29, 0.717) is 12.0 Å². The first-order valence-corrected chi connectivity index (χ1v) is 11.2. The molecule has 9 nitrogen and oxygen atoms in total. The Kier molecular flexibility index (Phi) is 6.75. The maximum atomic E-state index is 12.9. The number of nitrogens with zero attached hydrogens (tertiary/aromatic N) is 1. The molecule has 0 unspecified atom stereocenters. The lowest BCUT2D eigenvalue weighted by molar-refractivity contribution is -0.175. The lowest BCUT2D eigenvalue weighted by Gasteiger charge is -2.44. The lowest BCUT2D eigenvalue weighted by atomic mass is 9.83. The molecule has 0 aromatic carbocycles. The van der Waals surface area contributed by atoms with E-state index in [0.717, 1.165) is 10.4 Å². The molecular formula is C22H28N2O7S. The third-order valence-electron chi connectivity index (χ3n) is 5.51. The highest BCUT2D eigenvalue weighted by Crippen LogP contribution is 2.48. The molecule has 2 aliphatic rings. The molecule has 0 saturated carbocycles. The van der Waals surface area contributed by atoms with Crippen LogP contribution in [0, 0.1) is 11.3 Å². The summed E-state index contributed by atoms with van der Waals surface area (Å²) in [7, 11) is 1.56. The van der Waals surface area contributed by atoms with Crippen LogP contribution in [0.1, 0.15) is 44.6 Å². The summed E-state index contributed by atoms with van der Waals surface area (Å²) in [6.07, 6.45) is -0.265. The number of nitrogens with one attached hydrogen (secondary N) is 1. The van der Waals surface area contributed by atoms with Crippen molar-refractivity contribution in [1.82, 2.24) is 10.2 Å². The second-order valence-electron chi connectivity index (χ2n) is 8.97. The van der Waals surface area contributed by atoms with Crippen molar-refractivity contribution in [2.24, 2.45) is 11.3 Å². The third-order valence-corrected chi connectivity index (χ3v) is 6.55. The minimum atomic E-state index is -0.847. The Morgan fingerprint density at radius 1 is 1.31 bits per heavy atom. The standard InChI is InChI=1S/C22H28N2O7S/c1-11(25)17-14-8-13(15-6-12(9-32-15)7-16(26)23-5)18(24(14)19(17)27)20(28)30-10-31-21(29)22(2,3)4/h6,9,11,14,17,25H,7-8,10H2,1-5H3,(H,23,26)/t11-,14-,17-/m1/s1. The van der Waals surface area contributed by atoms with Gasteiger partial charge >= 0.3 is 11.9 Å². The van der Waals surface area contributed by atoms with Gasteiger partial charge in [-0.1, -0.05) is 0 Å². The molecule has 0 radical (unpaired) electrons. The first kappa shape index (κ1) is 23.9. The first-order chi connectivity index (χ1) is 15.0. The number of rotatable bonds is 7. The van der Waals surface area contributed by atoms with Crippen LogP contribution in [0.5, 0.6) is 0 Å². The average Bonchev–Trinajstić information content (AvgIpc) is 3.28. The summed E-state index contributed by atoms with van der Waals surface area (Å²) in [6.45, 7) is 6.03. The molecule has 2 amide bonds. The zero-order valence-electron chi connectivity index (χ0n) is 18.8. The monoisotopic (exact) mass is 464 g/mol. The highest BCUT2D eigenvalue weighted by atomic mass is 32.1. The molecule has 1 aromatic heterocycles. The summed E-state index contributed by atoms with van der Waals surface area (Å²) in [4.78, 5) is 51.3. The van der Waals surface area contributed by atoms with Crippen LogP contribution < -0.4 is 5.32 Å². The molecule has 3 atom stereocenters. The van der Waals surface area contributed by atoms with Gasteiger partial charge in [0.1, 0.15) is 5.70 Å². The number of aliphatic hydroxyl groups excluding tert-OH is 1. The number of carbonyl (C=O) groups is 4. The number of amides is 2. The van der Waals surface area contributed by atoms with Gasteiger partial charge in [-0.05, 0) is 51.1 Å². The van der Waals surface area contributed by atoms with Crippen molar-refractivity contribution >= 4 is 40.7 Å². The molecule has 3 heterocycles. The van der Waals surface area contributed by atoms with Crippen LogP contribution in [0.2, 0.25) is 0 Å². The largest absolute Gasteiger partial charge is 0.427 e. The molecule has 174 valence electrons. The quantitative estimate of drug-likeness (QED) is 0.356. The Hall–Kier alpha value is -2.72. The van der Waals surface area contributed by atoms with Crippen LogP contribution in [-0.4, -0.2) is 59.7 Å². The smallest absolute Gasteiger partial charge is 0.358 e. The Morgan fingerprint density at radius 2 is 2.00 bits per heavy atom. The van der Waals surface area contributed by atoms with E-state index >= 15 is 0 Å². The molecule has 3 rings (SSSR count). The number of ether oxygens (including phenoxy) is 2. The van der Waals surface area contributed by atoms with Crippen LogP contribution in [0.4, 0.5) is 0 Å². The van der Waals surface area contributed by atoms with Gasteiger partial charge < -0.3 is 24.8 Å². The second-order valence-corrected chi connectivity index (χ2v) is 9.89. The maximum Gasteiger partial charge on any atom is 0.358 e. The number of hydrogen-bond donors (Lipinski definition) is 2. The van der Waals surface area contributed by atoms with Crippen LogP contribution in [-0.2, 0) is 35.1 Å². The fourth-order valence-corrected chi connectivity index (χ4v) is 4.77. The lowest BCUT2D eigenvalue weighted by Crippen LogP contribution is -2.61. The molecule has 32 heavy (non-hydrogen) atoms. The van der Waals surface area contributed by atoms with Crippen molar-refractivity contribution in [2.45, 2.75) is 52.7 Å². The van der Waals surface area contributed by atoms with E-state index in [1.165, 1.54) is 16.2 Å². The molecule has 10 heteroatoms. The molecule has 0 bridgehead atoms. The Bertz CT molecular complexity index is 973. The number of thiophene rings is 1. The minimum Gasteiger partial charge on any atom is -0.427 e. The van der Waals surface area contributed by atoms with Crippen molar-refractivity contribution in [3.05, 3.63) is 27.6 Å². The van der Waals surface area contributed by atoms with Crippen LogP contribution in [0.3, 0.4) is 0 Å². The molecule has 1 saturated heterocycles. The number of carbonyl (C=O) groups excluding carboxylic acids is 4. The van der Waals surface area contributed by atoms with Crippen LogP contribution in [0.25, 0.3) is 5.57 Å². The van der Waals surface area contributed by atoms with Crippen molar-refractivity contribution < 1.29 is 33.8 Å². The summed E-state index contributed by atoms with van der Waals surface area (Å²) in [5.74, 6) is -2.37. The second kappa shape index (κ2) is 9.03. The minimum absolute atomic E-state index is 0.0945. The molecule has 2 N–H and O–H groups in total. The molecular weight excluding hydrogens is 436 g/mol. The third kappa shape index (κ3) is 4.56. The fourth-order valence-electron chi connectivity index (χ4n) is 3.80. The summed E-state index contributed by atoms with van der Waals surface area (Å²) >= 11 is 1.36. The van der Waals surface area contributed by atoms with Gasteiger partial charge in [0.25, 0.3) is 0 Å². The molecule has 1 aromatic rings. The van der Waals surface area contributed by atoms with Crippen LogP contribution >= 0.6 is 11.3 Å². The summed E-state index contributed by atoms with van der Waals surface area (Å²) in [6, 6.07) is 1.47. The summed E-state index contributed by atoms with van der Waals surface area (Å²) < 4.78 is 10.2. The Morgan fingerprint density at radius 3 is 2.59 bits per heavy atom. The van der Waals surface area contributed by atoms with E-state index in [2.05, 4.69) is 5.32 Å². The number of hydrogen-bond acceptors (Lipinski definition) is 8. The van der Waals surface area contributed by atoms with E-state index in [-0.39, 0.29) is 30.0 Å². The van der Waals surface area contributed by atoms with E-state index in [1.54, 1.807) is 34.7 Å². The highest BCUT2D eigenvalue weighted by Gasteiger charge is 2.57. The summed E-state index contributed by atoms with van der Waals surface area (Å²) in [5, 5.41) is 14.4.